The normalized spacial score (nSPS) is 17.8. The van der Waals surface area contributed by atoms with Gasteiger partial charge in [-0.05, 0) is 48.7 Å². The monoisotopic (exact) mass is 603 g/mol. The van der Waals surface area contributed by atoms with Crippen LogP contribution < -0.4 is 5.32 Å². The number of carbonyl (C=O) groups is 1. The molecule has 0 saturated carbocycles. The first-order valence-electron chi connectivity index (χ1n) is 13.2. The number of anilines is 1. The molecule has 0 aliphatic carbocycles. The van der Waals surface area contributed by atoms with Crippen molar-refractivity contribution in [2.24, 2.45) is 0 Å². The van der Waals surface area contributed by atoms with Crippen molar-refractivity contribution >= 4 is 29.4 Å². The quantitative estimate of drug-likeness (QED) is 0.302. The second kappa shape index (κ2) is 13.5. The largest absolute Gasteiger partial charge is 0.418 e. The second-order valence-corrected chi connectivity index (χ2v) is 10.9. The number of β-amino-alcohol motifs (C(OH)–C–C–N with tert-alkyl or cyclic N) is 1. The van der Waals surface area contributed by atoms with Gasteiger partial charge < -0.3 is 20.1 Å². The second-order valence-electron chi connectivity index (χ2n) is 9.78. The summed E-state index contributed by atoms with van der Waals surface area (Å²) >= 11 is 0.601. The zero-order valence-electron chi connectivity index (χ0n) is 22.1. The van der Waals surface area contributed by atoms with E-state index in [9.17, 15) is 31.1 Å². The van der Waals surface area contributed by atoms with Gasteiger partial charge >= 0.3 is 12.4 Å². The molecule has 0 atom stereocenters. The van der Waals surface area contributed by atoms with E-state index in [-0.39, 0.29) is 12.6 Å². The molecule has 2 N–H and O–H groups in total. The van der Waals surface area contributed by atoms with Gasteiger partial charge in [-0.2, -0.15) is 26.3 Å². The number of hydrogen-bond donors (Lipinski definition) is 2. The lowest BCUT2D eigenvalue weighted by atomic mass is 9.99. The van der Waals surface area contributed by atoms with Crippen LogP contribution in [0.3, 0.4) is 0 Å². The van der Waals surface area contributed by atoms with Gasteiger partial charge in [0, 0.05) is 73.5 Å². The Balaban J connectivity index is 1.60. The molecule has 0 radical (unpaired) electrons. The molecule has 13 heteroatoms. The molecule has 1 amide bonds. The van der Waals surface area contributed by atoms with Crippen LogP contribution in [0.25, 0.3) is 6.08 Å². The molecule has 41 heavy (non-hydrogen) atoms. The van der Waals surface area contributed by atoms with E-state index >= 15 is 0 Å². The Kier molecular flexibility index (Phi) is 10.3. The van der Waals surface area contributed by atoms with Crippen LogP contribution in [0.15, 0.2) is 52.3 Å². The number of piperazine rings is 1. The van der Waals surface area contributed by atoms with Gasteiger partial charge in [0.2, 0.25) is 5.91 Å². The topological polar surface area (TPSA) is 65.0 Å². The standard InChI is InChI=1S/C28H31F6N3O3S/c29-27(30,31)25-19(5-7-24(39)37-12-10-36(11-13-37)14-15-38)4-6-23(26(25)28(32,33)34)41-22-3-1-2-21(18-22)35-20-8-16-40-17-9-20/h1-7,18,20,35,38H,8-17H2. The molecule has 224 valence electrons. The molecule has 2 fully saturated rings. The molecule has 6 nitrogen and oxygen atoms in total. The molecule has 0 aromatic heterocycles. The molecule has 2 aromatic carbocycles. The van der Waals surface area contributed by atoms with Crippen molar-refractivity contribution in [2.75, 3.05) is 57.9 Å². The zero-order valence-corrected chi connectivity index (χ0v) is 22.9. The maximum Gasteiger partial charge on any atom is 0.418 e. The Hall–Kier alpha value is -2.74. The van der Waals surface area contributed by atoms with E-state index in [1.54, 1.807) is 24.3 Å². The Labute approximate surface area is 238 Å². The van der Waals surface area contributed by atoms with Crippen LogP contribution in [0.4, 0.5) is 32.0 Å². The molecule has 2 saturated heterocycles. The smallest absolute Gasteiger partial charge is 0.395 e. The number of rotatable bonds is 8. The minimum absolute atomic E-state index is 0.0392. The third-order valence-electron chi connectivity index (χ3n) is 6.93. The van der Waals surface area contributed by atoms with Crippen molar-refractivity contribution in [3.8, 4) is 0 Å². The van der Waals surface area contributed by atoms with Crippen molar-refractivity contribution in [1.29, 1.82) is 0 Å². The SMILES string of the molecule is O=C(C=Cc1ccc(Sc2cccc(NC3CCOCC3)c2)c(C(F)(F)F)c1C(F)(F)F)N1CCN(CCO)CC1. The molecule has 0 bridgehead atoms. The van der Waals surface area contributed by atoms with E-state index in [1.807, 2.05) is 4.90 Å². The summed E-state index contributed by atoms with van der Waals surface area (Å²) < 4.78 is 90.6. The maximum atomic E-state index is 14.2. The Morgan fingerprint density at radius 3 is 2.32 bits per heavy atom. The number of carbonyl (C=O) groups excluding carboxylic acids is 1. The van der Waals surface area contributed by atoms with Crippen molar-refractivity contribution in [1.82, 2.24) is 9.80 Å². The van der Waals surface area contributed by atoms with E-state index in [0.29, 0.717) is 68.3 Å². The maximum absolute atomic E-state index is 14.2. The van der Waals surface area contributed by atoms with Crippen molar-refractivity contribution in [3.05, 3.63) is 59.2 Å². The van der Waals surface area contributed by atoms with Gasteiger partial charge in [0.25, 0.3) is 0 Å². The number of aliphatic hydroxyl groups excluding tert-OH is 1. The average Bonchev–Trinajstić information content (AvgIpc) is 2.92. The molecule has 0 spiro atoms. The predicted molar refractivity (Wildman–Crippen MR) is 144 cm³/mol. The lowest BCUT2D eigenvalue weighted by Gasteiger charge is -2.33. The van der Waals surface area contributed by atoms with E-state index in [4.69, 9.17) is 9.84 Å². The van der Waals surface area contributed by atoms with Gasteiger partial charge in [0.05, 0.1) is 17.7 Å². The van der Waals surface area contributed by atoms with E-state index in [0.717, 1.165) is 37.1 Å². The highest BCUT2D eigenvalue weighted by atomic mass is 32.2. The van der Waals surface area contributed by atoms with Crippen LogP contribution in [0.2, 0.25) is 0 Å². The van der Waals surface area contributed by atoms with Crippen molar-refractivity contribution in [3.63, 3.8) is 0 Å². The summed E-state index contributed by atoms with van der Waals surface area (Å²) in [4.78, 5) is 15.7. The number of alkyl halides is 6. The van der Waals surface area contributed by atoms with Gasteiger partial charge in [0.1, 0.15) is 0 Å². The Bertz CT molecular complexity index is 1220. The number of nitrogens with zero attached hydrogens (tertiary/aromatic N) is 2. The lowest BCUT2D eigenvalue weighted by Crippen LogP contribution is -2.48. The summed E-state index contributed by atoms with van der Waals surface area (Å²) in [6.45, 7) is 3.12. The van der Waals surface area contributed by atoms with Crippen LogP contribution in [0.1, 0.15) is 29.5 Å². The third kappa shape index (κ3) is 8.40. The van der Waals surface area contributed by atoms with Gasteiger partial charge in [-0.15, -0.1) is 0 Å². The van der Waals surface area contributed by atoms with Crippen molar-refractivity contribution in [2.45, 2.75) is 41.0 Å². The summed E-state index contributed by atoms with van der Waals surface area (Å²) in [6, 6.07) is 8.65. The summed E-state index contributed by atoms with van der Waals surface area (Å²) in [6.07, 6.45) is -7.42. The summed E-state index contributed by atoms with van der Waals surface area (Å²) in [5.41, 5.74) is -3.70. The van der Waals surface area contributed by atoms with Crippen LogP contribution in [-0.4, -0.2) is 79.4 Å². The third-order valence-corrected chi connectivity index (χ3v) is 7.98. The predicted octanol–water partition coefficient (Wildman–Crippen LogP) is 5.62. The van der Waals surface area contributed by atoms with E-state index < -0.39 is 39.8 Å². The van der Waals surface area contributed by atoms with E-state index in [2.05, 4.69) is 5.32 Å². The molecule has 2 aliphatic heterocycles. The summed E-state index contributed by atoms with van der Waals surface area (Å²) in [5.74, 6) is -0.595. The highest BCUT2D eigenvalue weighted by Gasteiger charge is 2.46. The highest BCUT2D eigenvalue weighted by molar-refractivity contribution is 7.99. The molecule has 4 rings (SSSR count). The van der Waals surface area contributed by atoms with Crippen LogP contribution in [0, 0.1) is 0 Å². The fourth-order valence-electron chi connectivity index (χ4n) is 4.86. The number of hydrogen-bond acceptors (Lipinski definition) is 6. The lowest BCUT2D eigenvalue weighted by molar-refractivity contribution is -0.163. The number of amides is 1. The minimum Gasteiger partial charge on any atom is -0.395 e. The molecule has 0 unspecified atom stereocenters. The van der Waals surface area contributed by atoms with Gasteiger partial charge in [-0.3, -0.25) is 9.69 Å². The van der Waals surface area contributed by atoms with Crippen LogP contribution in [0.5, 0.6) is 0 Å². The first-order chi connectivity index (χ1) is 19.5. The summed E-state index contributed by atoms with van der Waals surface area (Å²) in [7, 11) is 0. The van der Waals surface area contributed by atoms with Gasteiger partial charge in [-0.25, -0.2) is 0 Å². The molecule has 2 heterocycles. The molecular formula is C28H31F6N3O3S. The molecule has 2 aliphatic rings. The van der Waals surface area contributed by atoms with Crippen molar-refractivity contribution < 1.29 is 41.0 Å². The summed E-state index contributed by atoms with van der Waals surface area (Å²) in [5, 5.41) is 12.3. The average molecular weight is 604 g/mol. The molecular weight excluding hydrogens is 572 g/mol. The Morgan fingerprint density at radius 1 is 1.00 bits per heavy atom. The van der Waals surface area contributed by atoms with E-state index in [1.165, 1.54) is 4.90 Å². The number of halogens is 6. The van der Waals surface area contributed by atoms with Crippen LogP contribution in [-0.2, 0) is 21.9 Å². The number of aliphatic hydroxyl groups is 1. The minimum atomic E-state index is -5.33. The Morgan fingerprint density at radius 2 is 1.68 bits per heavy atom. The first kappa shape index (κ1) is 31.2. The number of nitrogens with one attached hydrogen (secondary N) is 1. The fourth-order valence-corrected chi connectivity index (χ4v) is 5.91. The highest BCUT2D eigenvalue weighted by Crippen LogP contribution is 2.48. The zero-order chi connectivity index (χ0) is 29.6. The fraction of sp³-hybridized carbons (Fsp3) is 0.464. The molecule has 2 aromatic rings. The number of ether oxygens (including phenoxy) is 1. The van der Waals surface area contributed by atoms with Gasteiger partial charge in [0.15, 0.2) is 0 Å². The van der Waals surface area contributed by atoms with Gasteiger partial charge in [-0.1, -0.05) is 23.9 Å². The first-order valence-corrected chi connectivity index (χ1v) is 14.0. The van der Waals surface area contributed by atoms with Crippen LogP contribution >= 0.6 is 11.8 Å². The number of benzene rings is 2.